The molecular weight excluding hydrogens is 252 g/mol. The number of H-pyrrole nitrogens is 1. The fourth-order valence-corrected chi connectivity index (χ4v) is 2.84. The molecule has 0 saturated heterocycles. The Morgan fingerprint density at radius 3 is 2.45 bits per heavy atom. The van der Waals surface area contributed by atoms with Crippen LogP contribution in [0.5, 0.6) is 5.88 Å². The predicted octanol–water partition coefficient (Wildman–Crippen LogP) is 2.38. The molecule has 1 heterocycles. The fraction of sp³-hybridized carbons (Fsp3) is 0.250. The number of hydrogen-bond acceptors (Lipinski definition) is 3. The van der Waals surface area contributed by atoms with E-state index in [2.05, 4.69) is 4.98 Å². The van der Waals surface area contributed by atoms with E-state index >= 15 is 0 Å². The van der Waals surface area contributed by atoms with Crippen molar-refractivity contribution in [3.05, 3.63) is 62.9 Å². The standard InChI is InChI=1S/C16H16N2O2/c17-14(10-6-2-1-3-7-10)13-11-8-4-5-9-12(11)15(19)18-16(13)20/h1-3,6-7,17H,4-5,8-9H2,(H2,18,19,20). The third-order valence-corrected chi connectivity index (χ3v) is 3.83. The van der Waals surface area contributed by atoms with Gasteiger partial charge < -0.3 is 5.11 Å². The summed E-state index contributed by atoms with van der Waals surface area (Å²) in [7, 11) is 0. The molecule has 4 heteroatoms. The number of benzene rings is 1. The summed E-state index contributed by atoms with van der Waals surface area (Å²) < 4.78 is 0. The lowest BCUT2D eigenvalue weighted by Gasteiger charge is -2.20. The van der Waals surface area contributed by atoms with E-state index in [1.807, 2.05) is 30.3 Å². The first-order chi connectivity index (χ1) is 9.68. The van der Waals surface area contributed by atoms with Gasteiger partial charge in [-0.05, 0) is 31.2 Å². The van der Waals surface area contributed by atoms with Crippen LogP contribution in [0.15, 0.2) is 35.1 Å². The molecule has 0 radical (unpaired) electrons. The SMILES string of the molecule is N=C(c1ccccc1)c1c2c(c(O)[nH]c1=O)CCCC2. The Balaban J connectivity index is 2.19. The Morgan fingerprint density at radius 1 is 1.10 bits per heavy atom. The van der Waals surface area contributed by atoms with Crippen LogP contribution in [0.4, 0.5) is 0 Å². The summed E-state index contributed by atoms with van der Waals surface area (Å²) in [5.41, 5.74) is 2.61. The highest BCUT2D eigenvalue weighted by atomic mass is 16.3. The average molecular weight is 268 g/mol. The minimum absolute atomic E-state index is 0.0330. The molecule has 3 rings (SSSR count). The summed E-state index contributed by atoms with van der Waals surface area (Å²) in [6.07, 6.45) is 3.50. The molecule has 0 unspecified atom stereocenters. The zero-order chi connectivity index (χ0) is 14.1. The molecule has 0 fully saturated rings. The predicted molar refractivity (Wildman–Crippen MR) is 77.7 cm³/mol. The molecule has 1 aromatic heterocycles. The first-order valence-electron chi connectivity index (χ1n) is 6.80. The number of hydrogen-bond donors (Lipinski definition) is 3. The Morgan fingerprint density at radius 2 is 1.75 bits per heavy atom. The van der Waals surface area contributed by atoms with Crippen LogP contribution in [-0.4, -0.2) is 15.8 Å². The zero-order valence-corrected chi connectivity index (χ0v) is 11.1. The van der Waals surface area contributed by atoms with Crippen molar-refractivity contribution in [3.63, 3.8) is 0 Å². The molecule has 0 amide bonds. The number of pyridine rings is 1. The van der Waals surface area contributed by atoms with E-state index in [-0.39, 0.29) is 17.2 Å². The maximum Gasteiger partial charge on any atom is 0.260 e. The fourth-order valence-electron chi connectivity index (χ4n) is 2.84. The second kappa shape index (κ2) is 4.96. The zero-order valence-electron chi connectivity index (χ0n) is 11.1. The highest BCUT2D eigenvalue weighted by Gasteiger charge is 2.23. The van der Waals surface area contributed by atoms with Crippen molar-refractivity contribution in [2.75, 3.05) is 0 Å². The van der Waals surface area contributed by atoms with Crippen LogP contribution in [0.25, 0.3) is 0 Å². The van der Waals surface area contributed by atoms with Gasteiger partial charge in [0.05, 0.1) is 11.3 Å². The van der Waals surface area contributed by atoms with Crippen LogP contribution in [0.2, 0.25) is 0 Å². The van der Waals surface area contributed by atoms with Gasteiger partial charge in [0.15, 0.2) is 5.88 Å². The second-order valence-corrected chi connectivity index (χ2v) is 5.08. The lowest BCUT2D eigenvalue weighted by atomic mass is 9.87. The van der Waals surface area contributed by atoms with Gasteiger partial charge in [-0.2, -0.15) is 0 Å². The maximum absolute atomic E-state index is 12.2. The van der Waals surface area contributed by atoms with Gasteiger partial charge in [0.1, 0.15) is 0 Å². The van der Waals surface area contributed by atoms with Gasteiger partial charge in [0, 0.05) is 11.1 Å². The van der Waals surface area contributed by atoms with E-state index in [4.69, 9.17) is 5.41 Å². The molecule has 0 spiro atoms. The maximum atomic E-state index is 12.2. The smallest absolute Gasteiger partial charge is 0.260 e. The van der Waals surface area contributed by atoms with Crippen LogP contribution in [0.3, 0.4) is 0 Å². The number of nitrogens with one attached hydrogen (secondary N) is 2. The van der Waals surface area contributed by atoms with Crippen molar-refractivity contribution in [2.45, 2.75) is 25.7 Å². The summed E-state index contributed by atoms with van der Waals surface area (Å²) in [5, 5.41) is 18.2. The van der Waals surface area contributed by atoms with Crippen molar-refractivity contribution in [1.82, 2.24) is 4.98 Å². The van der Waals surface area contributed by atoms with Crippen LogP contribution >= 0.6 is 0 Å². The largest absolute Gasteiger partial charge is 0.494 e. The Labute approximate surface area is 116 Å². The van der Waals surface area contributed by atoms with E-state index in [1.54, 1.807) is 0 Å². The quantitative estimate of drug-likeness (QED) is 0.731. The molecule has 3 N–H and O–H groups in total. The van der Waals surface area contributed by atoms with E-state index in [1.165, 1.54) is 0 Å². The van der Waals surface area contributed by atoms with E-state index in [9.17, 15) is 9.90 Å². The lowest BCUT2D eigenvalue weighted by molar-refractivity contribution is 0.438. The number of aromatic nitrogens is 1. The highest BCUT2D eigenvalue weighted by molar-refractivity contribution is 6.11. The monoisotopic (exact) mass is 268 g/mol. The van der Waals surface area contributed by atoms with Gasteiger partial charge in [0.2, 0.25) is 0 Å². The minimum atomic E-state index is -0.378. The molecule has 0 saturated carbocycles. The third-order valence-electron chi connectivity index (χ3n) is 3.83. The van der Waals surface area contributed by atoms with Crippen molar-refractivity contribution >= 4 is 5.71 Å². The molecule has 2 aromatic rings. The van der Waals surface area contributed by atoms with Gasteiger partial charge in [-0.1, -0.05) is 30.3 Å². The molecule has 4 nitrogen and oxygen atoms in total. The Hall–Kier alpha value is -2.36. The number of rotatable bonds is 2. The first kappa shape index (κ1) is 12.7. The lowest BCUT2D eigenvalue weighted by Crippen LogP contribution is -2.24. The van der Waals surface area contributed by atoms with Crippen LogP contribution < -0.4 is 5.56 Å². The normalized spacial score (nSPS) is 13.8. The van der Waals surface area contributed by atoms with Crippen molar-refractivity contribution in [1.29, 1.82) is 5.41 Å². The first-order valence-corrected chi connectivity index (χ1v) is 6.80. The Bertz CT molecular complexity index is 717. The molecule has 0 bridgehead atoms. The summed E-state index contributed by atoms with van der Waals surface area (Å²) in [5.74, 6) is -0.0330. The molecular formula is C16H16N2O2. The number of aromatic amines is 1. The van der Waals surface area contributed by atoms with E-state index in [0.29, 0.717) is 5.56 Å². The van der Waals surface area contributed by atoms with Gasteiger partial charge in [-0.15, -0.1) is 0 Å². The van der Waals surface area contributed by atoms with Crippen molar-refractivity contribution < 1.29 is 5.11 Å². The molecule has 102 valence electrons. The molecule has 0 aliphatic heterocycles. The van der Waals surface area contributed by atoms with E-state index in [0.717, 1.165) is 42.4 Å². The second-order valence-electron chi connectivity index (χ2n) is 5.08. The molecule has 1 aromatic carbocycles. The topological polar surface area (TPSA) is 76.9 Å². The van der Waals surface area contributed by atoms with E-state index < -0.39 is 0 Å². The third kappa shape index (κ3) is 2.03. The highest BCUT2D eigenvalue weighted by Crippen LogP contribution is 2.28. The average Bonchev–Trinajstić information content (AvgIpc) is 2.48. The van der Waals surface area contributed by atoms with Crippen molar-refractivity contribution in [3.8, 4) is 5.88 Å². The molecule has 20 heavy (non-hydrogen) atoms. The Kier molecular flexibility index (Phi) is 3.14. The van der Waals surface area contributed by atoms with Crippen LogP contribution in [0, 0.1) is 5.41 Å². The summed E-state index contributed by atoms with van der Waals surface area (Å²) >= 11 is 0. The molecule has 0 atom stereocenters. The van der Waals surface area contributed by atoms with Gasteiger partial charge >= 0.3 is 0 Å². The summed E-state index contributed by atoms with van der Waals surface area (Å²) in [4.78, 5) is 14.6. The van der Waals surface area contributed by atoms with Gasteiger partial charge in [-0.25, -0.2) is 0 Å². The van der Waals surface area contributed by atoms with Crippen LogP contribution in [0.1, 0.15) is 35.1 Å². The summed E-state index contributed by atoms with van der Waals surface area (Å²) in [6.45, 7) is 0. The molecule has 1 aliphatic rings. The van der Waals surface area contributed by atoms with Crippen LogP contribution in [-0.2, 0) is 12.8 Å². The van der Waals surface area contributed by atoms with Gasteiger partial charge in [0.25, 0.3) is 5.56 Å². The molecule has 1 aliphatic carbocycles. The van der Waals surface area contributed by atoms with Crippen molar-refractivity contribution in [2.24, 2.45) is 0 Å². The summed E-state index contributed by atoms with van der Waals surface area (Å²) in [6, 6.07) is 9.23. The number of aromatic hydroxyl groups is 1. The van der Waals surface area contributed by atoms with Gasteiger partial charge in [-0.3, -0.25) is 15.2 Å². The minimum Gasteiger partial charge on any atom is -0.494 e. The number of fused-ring (bicyclic) bond motifs is 1.